The van der Waals surface area contributed by atoms with Crippen LogP contribution in [0.15, 0.2) is 34.7 Å². The first kappa shape index (κ1) is 12.4. The first-order valence-electron chi connectivity index (χ1n) is 5.74. The molecule has 1 heterocycles. The molecule has 2 rings (SSSR count). The molecule has 0 aliphatic rings. The third kappa shape index (κ3) is 2.77. The molecule has 0 unspecified atom stereocenters. The van der Waals surface area contributed by atoms with Crippen molar-refractivity contribution in [3.05, 3.63) is 41.9 Å². The van der Waals surface area contributed by atoms with Crippen LogP contribution in [-0.4, -0.2) is 14.2 Å². The Morgan fingerprint density at radius 3 is 2.44 bits per heavy atom. The summed E-state index contributed by atoms with van der Waals surface area (Å²) in [4.78, 5) is 0. The summed E-state index contributed by atoms with van der Waals surface area (Å²) in [5.41, 5.74) is 0.960. The van der Waals surface area contributed by atoms with Gasteiger partial charge >= 0.3 is 0 Å². The molecule has 0 aliphatic carbocycles. The lowest BCUT2D eigenvalue weighted by Crippen LogP contribution is -1.99. The van der Waals surface area contributed by atoms with E-state index in [1.807, 2.05) is 37.3 Å². The Kier molecular flexibility index (Phi) is 3.77. The average molecular weight is 247 g/mol. The number of hydrogen-bond acceptors (Lipinski definition) is 4. The normalized spacial score (nSPS) is 10.2. The molecule has 0 saturated heterocycles. The molecule has 1 N–H and O–H groups in total. The zero-order valence-corrected chi connectivity index (χ0v) is 10.8. The molecular weight excluding hydrogens is 230 g/mol. The number of aryl methyl sites for hydroxylation is 1. The van der Waals surface area contributed by atoms with Gasteiger partial charge in [-0.05, 0) is 31.2 Å². The van der Waals surface area contributed by atoms with E-state index in [-0.39, 0.29) is 0 Å². The number of nitrogens with one attached hydrogen (secondary N) is 1. The van der Waals surface area contributed by atoms with Gasteiger partial charge in [0.25, 0.3) is 0 Å². The Morgan fingerprint density at radius 2 is 1.83 bits per heavy atom. The number of ether oxygens (including phenoxy) is 2. The largest absolute Gasteiger partial charge is 0.493 e. The van der Waals surface area contributed by atoms with Crippen LogP contribution in [0.5, 0.6) is 11.5 Å². The van der Waals surface area contributed by atoms with Crippen molar-refractivity contribution in [2.45, 2.75) is 13.5 Å². The lowest BCUT2D eigenvalue weighted by atomic mass is 10.2. The number of furan rings is 1. The van der Waals surface area contributed by atoms with Gasteiger partial charge in [-0.1, -0.05) is 0 Å². The van der Waals surface area contributed by atoms with Gasteiger partial charge in [0.2, 0.25) is 0 Å². The van der Waals surface area contributed by atoms with Gasteiger partial charge in [-0.2, -0.15) is 0 Å². The van der Waals surface area contributed by atoms with Crippen LogP contribution in [0.1, 0.15) is 11.5 Å². The summed E-state index contributed by atoms with van der Waals surface area (Å²) in [5, 5.41) is 3.27. The highest BCUT2D eigenvalue weighted by atomic mass is 16.5. The van der Waals surface area contributed by atoms with E-state index in [0.29, 0.717) is 12.3 Å². The van der Waals surface area contributed by atoms with Crippen molar-refractivity contribution in [1.82, 2.24) is 0 Å². The van der Waals surface area contributed by atoms with Gasteiger partial charge in [-0.15, -0.1) is 0 Å². The Balaban J connectivity index is 2.05. The quantitative estimate of drug-likeness (QED) is 0.881. The lowest BCUT2D eigenvalue weighted by Gasteiger charge is -2.10. The number of anilines is 1. The first-order valence-corrected chi connectivity index (χ1v) is 5.74. The van der Waals surface area contributed by atoms with Crippen LogP contribution in [0.2, 0.25) is 0 Å². The maximum atomic E-state index is 5.49. The highest BCUT2D eigenvalue weighted by molar-refractivity contribution is 5.54. The Morgan fingerprint density at radius 1 is 1.06 bits per heavy atom. The number of rotatable bonds is 5. The van der Waals surface area contributed by atoms with E-state index in [0.717, 1.165) is 23.0 Å². The average Bonchev–Trinajstić information content (AvgIpc) is 2.81. The van der Waals surface area contributed by atoms with Gasteiger partial charge in [0, 0.05) is 11.8 Å². The van der Waals surface area contributed by atoms with Crippen LogP contribution < -0.4 is 14.8 Å². The molecule has 0 bridgehead atoms. The molecule has 4 heteroatoms. The second kappa shape index (κ2) is 5.49. The highest BCUT2D eigenvalue weighted by Gasteiger charge is 2.05. The standard InChI is InChI=1S/C14H17NO3/c1-10-4-6-12(18-10)9-15-11-5-7-13(16-2)14(8-11)17-3/h4-8,15H,9H2,1-3H3. The summed E-state index contributed by atoms with van der Waals surface area (Å²) in [7, 11) is 3.24. The summed E-state index contributed by atoms with van der Waals surface area (Å²) in [6, 6.07) is 9.62. The van der Waals surface area contributed by atoms with E-state index in [2.05, 4.69) is 5.32 Å². The van der Waals surface area contributed by atoms with Gasteiger partial charge < -0.3 is 19.2 Å². The van der Waals surface area contributed by atoms with Crippen LogP contribution in [0.3, 0.4) is 0 Å². The van der Waals surface area contributed by atoms with Crippen LogP contribution in [0.4, 0.5) is 5.69 Å². The molecule has 2 aromatic rings. The van der Waals surface area contributed by atoms with Crippen LogP contribution >= 0.6 is 0 Å². The molecule has 0 spiro atoms. The van der Waals surface area contributed by atoms with Crippen LogP contribution in [0, 0.1) is 6.92 Å². The van der Waals surface area contributed by atoms with E-state index < -0.39 is 0 Å². The molecular formula is C14H17NO3. The minimum Gasteiger partial charge on any atom is -0.493 e. The van der Waals surface area contributed by atoms with Crippen molar-refractivity contribution in [3.63, 3.8) is 0 Å². The highest BCUT2D eigenvalue weighted by Crippen LogP contribution is 2.29. The minimum absolute atomic E-state index is 0.642. The van der Waals surface area contributed by atoms with Gasteiger partial charge in [0.05, 0.1) is 20.8 Å². The predicted octanol–water partition coefficient (Wildman–Crippen LogP) is 3.22. The van der Waals surface area contributed by atoms with E-state index in [1.165, 1.54) is 0 Å². The molecule has 18 heavy (non-hydrogen) atoms. The van der Waals surface area contributed by atoms with Crippen molar-refractivity contribution in [2.75, 3.05) is 19.5 Å². The number of hydrogen-bond donors (Lipinski definition) is 1. The Labute approximate surface area is 107 Å². The van der Waals surface area contributed by atoms with Gasteiger partial charge in [-0.25, -0.2) is 0 Å². The molecule has 0 radical (unpaired) electrons. The van der Waals surface area contributed by atoms with Gasteiger partial charge in [0.1, 0.15) is 11.5 Å². The van der Waals surface area contributed by atoms with Crippen LogP contribution in [0.25, 0.3) is 0 Å². The maximum absolute atomic E-state index is 5.49. The Bertz CT molecular complexity index is 520. The molecule has 1 aromatic heterocycles. The second-order valence-corrected chi connectivity index (χ2v) is 3.94. The van der Waals surface area contributed by atoms with Crippen molar-refractivity contribution in [2.24, 2.45) is 0 Å². The minimum atomic E-state index is 0.642. The summed E-state index contributed by atoms with van der Waals surface area (Å²) >= 11 is 0. The molecule has 0 aliphatic heterocycles. The second-order valence-electron chi connectivity index (χ2n) is 3.94. The Hall–Kier alpha value is -2.10. The van der Waals surface area contributed by atoms with E-state index in [9.17, 15) is 0 Å². The fourth-order valence-electron chi connectivity index (χ4n) is 1.72. The smallest absolute Gasteiger partial charge is 0.162 e. The van der Waals surface area contributed by atoms with Gasteiger partial charge in [0.15, 0.2) is 11.5 Å². The molecule has 4 nitrogen and oxygen atoms in total. The summed E-state index contributed by atoms with van der Waals surface area (Å²) < 4.78 is 15.9. The molecule has 0 atom stereocenters. The van der Waals surface area contributed by atoms with Crippen molar-refractivity contribution < 1.29 is 13.9 Å². The van der Waals surface area contributed by atoms with E-state index in [4.69, 9.17) is 13.9 Å². The van der Waals surface area contributed by atoms with E-state index >= 15 is 0 Å². The fraction of sp³-hybridized carbons (Fsp3) is 0.286. The molecule has 0 fully saturated rings. The monoisotopic (exact) mass is 247 g/mol. The molecule has 0 saturated carbocycles. The number of methoxy groups -OCH3 is 2. The van der Waals surface area contributed by atoms with Crippen molar-refractivity contribution >= 4 is 5.69 Å². The lowest BCUT2D eigenvalue weighted by molar-refractivity contribution is 0.355. The van der Waals surface area contributed by atoms with Gasteiger partial charge in [-0.3, -0.25) is 0 Å². The fourth-order valence-corrected chi connectivity index (χ4v) is 1.72. The topological polar surface area (TPSA) is 43.6 Å². The van der Waals surface area contributed by atoms with E-state index in [1.54, 1.807) is 14.2 Å². The molecule has 0 amide bonds. The predicted molar refractivity (Wildman–Crippen MR) is 70.3 cm³/mol. The summed E-state index contributed by atoms with van der Waals surface area (Å²) in [6.07, 6.45) is 0. The SMILES string of the molecule is COc1ccc(NCc2ccc(C)o2)cc1OC. The van der Waals surface area contributed by atoms with Crippen LogP contribution in [-0.2, 0) is 6.54 Å². The summed E-state index contributed by atoms with van der Waals surface area (Å²) in [5.74, 6) is 3.25. The third-order valence-corrected chi connectivity index (χ3v) is 2.65. The molecule has 1 aromatic carbocycles. The zero-order chi connectivity index (χ0) is 13.0. The molecule has 96 valence electrons. The zero-order valence-electron chi connectivity index (χ0n) is 10.8. The maximum Gasteiger partial charge on any atom is 0.162 e. The number of benzene rings is 1. The third-order valence-electron chi connectivity index (χ3n) is 2.65. The first-order chi connectivity index (χ1) is 8.72. The van der Waals surface area contributed by atoms with Crippen molar-refractivity contribution in [3.8, 4) is 11.5 Å². The summed E-state index contributed by atoms with van der Waals surface area (Å²) in [6.45, 7) is 2.57. The van der Waals surface area contributed by atoms with Crippen molar-refractivity contribution in [1.29, 1.82) is 0 Å².